The van der Waals surface area contributed by atoms with E-state index in [-0.39, 0.29) is 11.8 Å². The number of nitrogens with zero attached hydrogens (tertiary/aromatic N) is 1. The van der Waals surface area contributed by atoms with Crippen LogP contribution in [0.25, 0.3) is 11.6 Å². The number of hydrogen-bond acceptors (Lipinski definition) is 4. The minimum Gasteiger partial charge on any atom is -0.494 e. The number of carbonyl (C=O) groups excluding carboxylic acids is 2. The maximum absolute atomic E-state index is 13.3. The van der Waals surface area contributed by atoms with Crippen molar-refractivity contribution in [2.75, 3.05) is 11.5 Å². The summed E-state index contributed by atoms with van der Waals surface area (Å²) in [6.07, 6.45) is 1.68. The van der Waals surface area contributed by atoms with Gasteiger partial charge in [-0.05, 0) is 62.4 Å². The lowest BCUT2D eigenvalue weighted by Gasteiger charge is -2.28. The first kappa shape index (κ1) is 17.8. The highest BCUT2D eigenvalue weighted by molar-refractivity contribution is 6.43. The Hall–Kier alpha value is -3.60. The molecule has 2 aromatic carbocycles. The van der Waals surface area contributed by atoms with E-state index in [0.29, 0.717) is 40.5 Å². The lowest BCUT2D eigenvalue weighted by Crippen LogP contribution is -2.41. The lowest BCUT2D eigenvalue weighted by atomic mass is 9.92. The maximum atomic E-state index is 13.3. The average molecular weight is 373 g/mol. The number of carbonyl (C=O) groups is 2. The van der Waals surface area contributed by atoms with Gasteiger partial charge in [-0.1, -0.05) is 18.2 Å². The van der Waals surface area contributed by atoms with E-state index in [0.717, 1.165) is 5.76 Å². The van der Waals surface area contributed by atoms with E-state index in [1.807, 2.05) is 26.0 Å². The van der Waals surface area contributed by atoms with E-state index >= 15 is 0 Å². The van der Waals surface area contributed by atoms with Crippen LogP contribution >= 0.6 is 0 Å². The second-order valence-corrected chi connectivity index (χ2v) is 6.42. The number of fused-ring (bicyclic) bond motifs is 1. The summed E-state index contributed by atoms with van der Waals surface area (Å²) in [6, 6.07) is 17.7. The van der Waals surface area contributed by atoms with Crippen LogP contribution in [-0.4, -0.2) is 18.4 Å². The van der Waals surface area contributed by atoms with Crippen LogP contribution in [0.3, 0.4) is 0 Å². The Bertz CT molecular complexity index is 1080. The van der Waals surface area contributed by atoms with Crippen molar-refractivity contribution in [1.29, 1.82) is 0 Å². The van der Waals surface area contributed by atoms with Gasteiger partial charge in [-0.3, -0.25) is 9.59 Å². The van der Waals surface area contributed by atoms with Crippen molar-refractivity contribution in [3.05, 3.63) is 83.3 Å². The highest BCUT2D eigenvalue weighted by Crippen LogP contribution is 2.34. The summed E-state index contributed by atoms with van der Waals surface area (Å²) < 4.78 is 11.1. The molecule has 2 heterocycles. The van der Waals surface area contributed by atoms with E-state index in [9.17, 15) is 9.59 Å². The second kappa shape index (κ2) is 7.19. The van der Waals surface area contributed by atoms with E-state index < -0.39 is 0 Å². The minimum atomic E-state index is -0.387. The van der Waals surface area contributed by atoms with Crippen LogP contribution in [0.5, 0.6) is 5.75 Å². The molecule has 0 saturated heterocycles. The highest BCUT2D eigenvalue weighted by atomic mass is 16.5. The van der Waals surface area contributed by atoms with Gasteiger partial charge in [0.2, 0.25) is 0 Å². The molecule has 0 atom stereocenters. The van der Waals surface area contributed by atoms with Crippen LogP contribution in [0, 0.1) is 6.92 Å². The predicted molar refractivity (Wildman–Crippen MR) is 107 cm³/mol. The zero-order valence-corrected chi connectivity index (χ0v) is 15.6. The number of anilines is 1. The van der Waals surface area contributed by atoms with E-state index in [1.54, 1.807) is 54.6 Å². The Balaban J connectivity index is 1.82. The zero-order chi connectivity index (χ0) is 19.7. The number of amides is 2. The Morgan fingerprint density at radius 1 is 0.929 bits per heavy atom. The fraction of sp³-hybridized carbons (Fsp3) is 0.130. The normalized spacial score (nSPS) is 15.1. The molecule has 1 aliphatic heterocycles. The number of aryl methyl sites for hydroxylation is 1. The van der Waals surface area contributed by atoms with Crippen LogP contribution in [0.2, 0.25) is 0 Å². The molecule has 0 aliphatic carbocycles. The fourth-order valence-corrected chi connectivity index (χ4v) is 3.26. The Labute approximate surface area is 162 Å². The third kappa shape index (κ3) is 3.11. The number of furan rings is 1. The molecule has 0 spiro atoms. The van der Waals surface area contributed by atoms with Gasteiger partial charge in [0.05, 0.1) is 17.9 Å². The smallest absolute Gasteiger partial charge is 0.266 e. The summed E-state index contributed by atoms with van der Waals surface area (Å²) in [5.41, 5.74) is 1.99. The zero-order valence-electron chi connectivity index (χ0n) is 15.6. The van der Waals surface area contributed by atoms with Crippen molar-refractivity contribution in [2.45, 2.75) is 13.8 Å². The van der Waals surface area contributed by atoms with Gasteiger partial charge in [-0.2, -0.15) is 0 Å². The van der Waals surface area contributed by atoms with Gasteiger partial charge in [-0.15, -0.1) is 0 Å². The van der Waals surface area contributed by atoms with Gasteiger partial charge in [-0.25, -0.2) is 4.90 Å². The van der Waals surface area contributed by atoms with E-state index in [2.05, 4.69) is 0 Å². The quantitative estimate of drug-likeness (QED) is 0.491. The van der Waals surface area contributed by atoms with Crippen molar-refractivity contribution in [3.8, 4) is 5.75 Å². The van der Waals surface area contributed by atoms with Crippen molar-refractivity contribution in [3.63, 3.8) is 0 Å². The molecular weight excluding hydrogens is 354 g/mol. The summed E-state index contributed by atoms with van der Waals surface area (Å²) in [6.45, 7) is 4.29. The van der Waals surface area contributed by atoms with Gasteiger partial charge in [0.25, 0.3) is 11.8 Å². The topological polar surface area (TPSA) is 59.8 Å². The van der Waals surface area contributed by atoms with Crippen molar-refractivity contribution < 1.29 is 18.7 Å². The van der Waals surface area contributed by atoms with Crippen molar-refractivity contribution in [2.24, 2.45) is 0 Å². The first-order valence-corrected chi connectivity index (χ1v) is 9.07. The highest BCUT2D eigenvalue weighted by Gasteiger charge is 2.35. The van der Waals surface area contributed by atoms with Crippen LogP contribution < -0.4 is 9.64 Å². The fourth-order valence-electron chi connectivity index (χ4n) is 3.26. The summed E-state index contributed by atoms with van der Waals surface area (Å²) in [5.74, 6) is 1.27. The number of benzene rings is 2. The molecule has 0 fully saturated rings. The Kier molecular flexibility index (Phi) is 4.57. The molecule has 2 amide bonds. The molecular formula is C23H19NO4. The summed E-state index contributed by atoms with van der Waals surface area (Å²) in [7, 11) is 0. The molecule has 0 unspecified atom stereocenters. The van der Waals surface area contributed by atoms with Gasteiger partial charge in [0.15, 0.2) is 0 Å². The van der Waals surface area contributed by atoms with Gasteiger partial charge in [0, 0.05) is 11.1 Å². The largest absolute Gasteiger partial charge is 0.494 e. The summed E-state index contributed by atoms with van der Waals surface area (Å²) in [4.78, 5) is 27.5. The number of ether oxygens (including phenoxy) is 1. The van der Waals surface area contributed by atoms with Crippen LogP contribution in [0.1, 0.15) is 34.4 Å². The van der Waals surface area contributed by atoms with Crippen molar-refractivity contribution in [1.82, 2.24) is 0 Å². The lowest BCUT2D eigenvalue weighted by molar-refractivity contribution is -0.112. The molecule has 0 N–H and O–H groups in total. The molecule has 28 heavy (non-hydrogen) atoms. The molecule has 1 aliphatic rings. The standard InChI is InChI=1S/C23H19NO4/c1-3-27-17-12-9-16(10-13-17)24-22(25)20-7-5-4-6-19(20)21(23(24)26)14-18-11-8-15(2)28-18/h4-14H,3H2,1-2H3. The minimum absolute atomic E-state index is 0.350. The second-order valence-electron chi connectivity index (χ2n) is 6.42. The third-order valence-electron chi connectivity index (χ3n) is 4.54. The average Bonchev–Trinajstić information content (AvgIpc) is 3.12. The molecule has 0 saturated carbocycles. The predicted octanol–water partition coefficient (Wildman–Crippen LogP) is 4.71. The molecule has 5 nitrogen and oxygen atoms in total. The first-order valence-electron chi connectivity index (χ1n) is 9.07. The molecule has 4 rings (SSSR count). The number of rotatable bonds is 4. The SMILES string of the molecule is CCOc1ccc(N2C(=O)C(=Cc3ccc(C)o3)c3ccccc3C2=O)cc1. The molecule has 5 heteroatoms. The molecule has 0 bridgehead atoms. The van der Waals surface area contributed by atoms with E-state index in [4.69, 9.17) is 9.15 Å². The number of imide groups is 1. The van der Waals surface area contributed by atoms with Gasteiger partial charge < -0.3 is 9.15 Å². The number of hydrogen-bond donors (Lipinski definition) is 0. The van der Waals surface area contributed by atoms with Crippen LogP contribution in [0.15, 0.2) is 65.1 Å². The molecule has 3 aromatic rings. The maximum Gasteiger partial charge on any atom is 0.266 e. The van der Waals surface area contributed by atoms with E-state index in [1.165, 1.54) is 4.90 Å². The third-order valence-corrected chi connectivity index (χ3v) is 4.54. The molecule has 1 aromatic heterocycles. The summed E-state index contributed by atoms with van der Waals surface area (Å²) >= 11 is 0. The Morgan fingerprint density at radius 3 is 2.29 bits per heavy atom. The van der Waals surface area contributed by atoms with Crippen LogP contribution in [-0.2, 0) is 4.79 Å². The monoisotopic (exact) mass is 373 g/mol. The first-order chi connectivity index (χ1) is 13.6. The molecule has 140 valence electrons. The van der Waals surface area contributed by atoms with Gasteiger partial charge >= 0.3 is 0 Å². The van der Waals surface area contributed by atoms with Gasteiger partial charge in [0.1, 0.15) is 17.3 Å². The molecule has 0 radical (unpaired) electrons. The van der Waals surface area contributed by atoms with Crippen molar-refractivity contribution >= 4 is 29.2 Å². The Morgan fingerprint density at radius 2 is 1.64 bits per heavy atom. The summed E-state index contributed by atoms with van der Waals surface area (Å²) in [5, 5.41) is 0. The van der Waals surface area contributed by atoms with Crippen LogP contribution in [0.4, 0.5) is 5.69 Å².